The van der Waals surface area contributed by atoms with E-state index in [4.69, 9.17) is 14.6 Å². The fourth-order valence-electron chi connectivity index (χ4n) is 1.20. The largest absolute Gasteiger partial charge is 0.481 e. The summed E-state index contributed by atoms with van der Waals surface area (Å²) in [5, 5.41) is 19.3. The zero-order valence-electron chi connectivity index (χ0n) is 8.97. The fraction of sp³-hybridized carbons (Fsp3) is 0.300. The molecule has 1 amide bonds. The van der Waals surface area contributed by atoms with Crippen molar-refractivity contribution in [3.8, 4) is 0 Å². The third-order valence-electron chi connectivity index (χ3n) is 2.05. The number of aryl methyl sites for hydroxylation is 1. The van der Waals surface area contributed by atoms with Crippen molar-refractivity contribution >= 4 is 17.8 Å². The normalized spacial score (nSPS) is 11.8. The molecular weight excluding hydrogens is 230 g/mol. The van der Waals surface area contributed by atoms with Gasteiger partial charge in [0.1, 0.15) is 6.04 Å². The molecule has 0 aliphatic rings. The highest BCUT2D eigenvalue weighted by atomic mass is 16.4. The SMILES string of the molecule is Cc1ccoc1C(=O)NC(CC(=O)O)C(=O)O. The van der Waals surface area contributed by atoms with Crippen LogP contribution in [0.1, 0.15) is 22.5 Å². The van der Waals surface area contributed by atoms with Crippen molar-refractivity contribution in [2.24, 2.45) is 0 Å². The first-order valence-corrected chi connectivity index (χ1v) is 4.71. The Balaban J connectivity index is 2.74. The molecule has 3 N–H and O–H groups in total. The van der Waals surface area contributed by atoms with Gasteiger partial charge in [0.25, 0.3) is 5.91 Å². The standard InChI is InChI=1S/C10H11NO6/c1-5-2-3-17-8(5)9(14)11-6(10(15)16)4-7(12)13/h2-3,6H,4H2,1H3,(H,11,14)(H,12,13)(H,15,16). The minimum absolute atomic E-state index is 0.0263. The second-order valence-corrected chi connectivity index (χ2v) is 3.39. The molecule has 0 spiro atoms. The third-order valence-corrected chi connectivity index (χ3v) is 2.05. The van der Waals surface area contributed by atoms with E-state index in [0.717, 1.165) is 0 Å². The quantitative estimate of drug-likeness (QED) is 0.680. The number of carbonyl (C=O) groups is 3. The molecule has 1 heterocycles. The Morgan fingerprint density at radius 1 is 1.41 bits per heavy atom. The summed E-state index contributed by atoms with van der Waals surface area (Å²) in [5.74, 6) is -3.50. The highest BCUT2D eigenvalue weighted by Gasteiger charge is 2.25. The number of furan rings is 1. The van der Waals surface area contributed by atoms with Gasteiger partial charge in [0.2, 0.25) is 0 Å². The Morgan fingerprint density at radius 2 is 2.06 bits per heavy atom. The minimum atomic E-state index is -1.48. The molecule has 0 aliphatic heterocycles. The minimum Gasteiger partial charge on any atom is -0.481 e. The van der Waals surface area contributed by atoms with Gasteiger partial charge in [-0.3, -0.25) is 9.59 Å². The van der Waals surface area contributed by atoms with E-state index in [1.54, 1.807) is 13.0 Å². The van der Waals surface area contributed by atoms with Gasteiger partial charge in [0, 0.05) is 5.56 Å². The lowest BCUT2D eigenvalue weighted by atomic mass is 10.2. The summed E-state index contributed by atoms with van der Waals surface area (Å²) < 4.78 is 4.86. The zero-order valence-corrected chi connectivity index (χ0v) is 8.97. The van der Waals surface area contributed by atoms with Crippen LogP contribution >= 0.6 is 0 Å². The maximum absolute atomic E-state index is 11.6. The third kappa shape index (κ3) is 3.33. The Morgan fingerprint density at radius 3 is 2.47 bits per heavy atom. The van der Waals surface area contributed by atoms with Crippen molar-refractivity contribution < 1.29 is 29.0 Å². The lowest BCUT2D eigenvalue weighted by Crippen LogP contribution is -2.42. The number of rotatable bonds is 5. The van der Waals surface area contributed by atoms with Crippen molar-refractivity contribution in [3.63, 3.8) is 0 Å². The number of carboxylic acids is 2. The molecule has 17 heavy (non-hydrogen) atoms. The van der Waals surface area contributed by atoms with Gasteiger partial charge in [-0.1, -0.05) is 0 Å². The van der Waals surface area contributed by atoms with E-state index in [9.17, 15) is 14.4 Å². The molecule has 1 aromatic rings. The van der Waals surface area contributed by atoms with Crippen molar-refractivity contribution in [1.29, 1.82) is 0 Å². The number of amides is 1. The van der Waals surface area contributed by atoms with Crippen LogP contribution in [0.25, 0.3) is 0 Å². The fourth-order valence-corrected chi connectivity index (χ4v) is 1.20. The topological polar surface area (TPSA) is 117 Å². The molecule has 0 saturated heterocycles. The monoisotopic (exact) mass is 241 g/mol. The summed E-state index contributed by atoms with van der Waals surface area (Å²) in [5.41, 5.74) is 0.543. The zero-order chi connectivity index (χ0) is 13.0. The maximum atomic E-state index is 11.6. The molecule has 0 saturated carbocycles. The van der Waals surface area contributed by atoms with Crippen LogP contribution in [0.4, 0.5) is 0 Å². The van der Waals surface area contributed by atoms with E-state index in [2.05, 4.69) is 5.32 Å². The highest BCUT2D eigenvalue weighted by molar-refractivity contribution is 5.96. The van der Waals surface area contributed by atoms with Gasteiger partial charge in [0.05, 0.1) is 12.7 Å². The summed E-state index contributed by atoms with van der Waals surface area (Å²) in [4.78, 5) is 32.7. The van der Waals surface area contributed by atoms with E-state index in [0.29, 0.717) is 5.56 Å². The van der Waals surface area contributed by atoms with E-state index in [1.165, 1.54) is 6.26 Å². The van der Waals surface area contributed by atoms with E-state index in [-0.39, 0.29) is 5.76 Å². The van der Waals surface area contributed by atoms with Crippen molar-refractivity contribution in [2.45, 2.75) is 19.4 Å². The van der Waals surface area contributed by atoms with Gasteiger partial charge in [-0.15, -0.1) is 0 Å². The van der Waals surface area contributed by atoms with E-state index in [1.807, 2.05) is 0 Å². The average Bonchev–Trinajstić information content (AvgIpc) is 2.62. The highest BCUT2D eigenvalue weighted by Crippen LogP contribution is 2.09. The Labute approximate surface area is 96.0 Å². The van der Waals surface area contributed by atoms with Gasteiger partial charge >= 0.3 is 11.9 Å². The van der Waals surface area contributed by atoms with Crippen LogP contribution in [0, 0.1) is 6.92 Å². The summed E-state index contributed by atoms with van der Waals surface area (Å²) in [6, 6.07) is 0.0616. The molecule has 0 aliphatic carbocycles. The first-order valence-electron chi connectivity index (χ1n) is 4.71. The predicted molar refractivity (Wildman–Crippen MR) is 54.6 cm³/mol. The van der Waals surface area contributed by atoms with Crippen molar-refractivity contribution in [3.05, 3.63) is 23.7 Å². The van der Waals surface area contributed by atoms with E-state index < -0.39 is 30.3 Å². The molecule has 0 radical (unpaired) electrons. The Hall–Kier alpha value is -2.31. The molecule has 7 nitrogen and oxygen atoms in total. The van der Waals surface area contributed by atoms with Crippen LogP contribution in [0.2, 0.25) is 0 Å². The van der Waals surface area contributed by atoms with Crippen molar-refractivity contribution in [1.82, 2.24) is 5.32 Å². The van der Waals surface area contributed by atoms with Crippen molar-refractivity contribution in [2.75, 3.05) is 0 Å². The van der Waals surface area contributed by atoms with Crippen LogP contribution in [-0.2, 0) is 9.59 Å². The van der Waals surface area contributed by atoms with Crippen LogP contribution < -0.4 is 5.32 Å². The lowest BCUT2D eigenvalue weighted by molar-refractivity contribution is -0.145. The van der Waals surface area contributed by atoms with Crippen LogP contribution in [0.3, 0.4) is 0 Å². The number of carbonyl (C=O) groups excluding carboxylic acids is 1. The van der Waals surface area contributed by atoms with Gasteiger partial charge < -0.3 is 19.9 Å². The van der Waals surface area contributed by atoms with Crippen LogP contribution in [-0.4, -0.2) is 34.1 Å². The molecule has 1 unspecified atom stereocenters. The lowest BCUT2D eigenvalue weighted by Gasteiger charge is -2.11. The number of aliphatic carboxylic acids is 2. The van der Waals surface area contributed by atoms with Crippen LogP contribution in [0.5, 0.6) is 0 Å². The van der Waals surface area contributed by atoms with Gasteiger partial charge in [0.15, 0.2) is 5.76 Å². The predicted octanol–water partition coefficient (Wildman–Crippen LogP) is 0.246. The smallest absolute Gasteiger partial charge is 0.326 e. The van der Waals surface area contributed by atoms with Crippen LogP contribution in [0.15, 0.2) is 16.7 Å². The second kappa shape index (κ2) is 5.15. The van der Waals surface area contributed by atoms with Gasteiger partial charge in [-0.2, -0.15) is 0 Å². The number of carboxylic acid groups (broad SMARTS) is 2. The average molecular weight is 241 g/mol. The first kappa shape index (κ1) is 12.8. The summed E-state index contributed by atoms with van der Waals surface area (Å²) in [7, 11) is 0. The maximum Gasteiger partial charge on any atom is 0.326 e. The molecule has 1 aromatic heterocycles. The Bertz CT molecular complexity index is 449. The molecule has 92 valence electrons. The second-order valence-electron chi connectivity index (χ2n) is 3.39. The molecule has 0 bridgehead atoms. The molecule has 0 fully saturated rings. The molecule has 0 aromatic carbocycles. The number of hydrogen-bond acceptors (Lipinski definition) is 4. The Kier molecular flexibility index (Phi) is 3.86. The van der Waals surface area contributed by atoms with E-state index >= 15 is 0 Å². The number of nitrogens with one attached hydrogen (secondary N) is 1. The summed E-state index contributed by atoms with van der Waals surface area (Å²) in [6.45, 7) is 1.62. The van der Waals surface area contributed by atoms with Gasteiger partial charge in [-0.05, 0) is 13.0 Å². The van der Waals surface area contributed by atoms with Gasteiger partial charge in [-0.25, -0.2) is 4.79 Å². The molecule has 1 atom stereocenters. The summed E-state index contributed by atoms with van der Waals surface area (Å²) >= 11 is 0. The summed E-state index contributed by atoms with van der Waals surface area (Å²) in [6.07, 6.45) is 0.595. The molecule has 1 rings (SSSR count). The number of hydrogen-bond donors (Lipinski definition) is 3. The molecular formula is C10H11NO6. The first-order chi connectivity index (χ1) is 7.91. The molecule has 7 heteroatoms.